The number of hydrogen-bond donors (Lipinski definition) is 2. The van der Waals surface area contributed by atoms with Gasteiger partial charge in [0.15, 0.2) is 0 Å². The number of unbranched alkanes of at least 4 members (excludes halogenated alkanes) is 11. The maximum atomic E-state index is 11.4. The number of hydrogen-bond acceptors (Lipinski definition) is 2. The summed E-state index contributed by atoms with van der Waals surface area (Å²) in [6.45, 7) is 2.20. The lowest BCUT2D eigenvalue weighted by Crippen LogP contribution is -2.33. The number of amides is 2. The van der Waals surface area contributed by atoms with Crippen molar-refractivity contribution in [2.75, 3.05) is 6.54 Å². The van der Waals surface area contributed by atoms with Crippen LogP contribution < -0.4 is 11.1 Å². The minimum Gasteiger partial charge on any atom is -0.368 e. The molecule has 0 radical (unpaired) electrons. The van der Waals surface area contributed by atoms with E-state index in [0.717, 1.165) is 12.8 Å². The summed E-state index contributed by atoms with van der Waals surface area (Å²) >= 11 is 0. The summed E-state index contributed by atoms with van der Waals surface area (Å²) in [6, 6.07) is 0. The highest BCUT2D eigenvalue weighted by molar-refractivity contribution is 5.83. The van der Waals surface area contributed by atoms with E-state index in [2.05, 4.69) is 24.4 Å². The summed E-state index contributed by atoms with van der Waals surface area (Å²) in [6.07, 6.45) is 21.4. The van der Waals surface area contributed by atoms with Gasteiger partial charge in [-0.3, -0.25) is 9.59 Å². The number of carbonyl (C=O) groups excluding carboxylic acids is 2. The lowest BCUT2D eigenvalue weighted by atomic mass is 10.1. The molecule has 0 unspecified atom stereocenters. The van der Waals surface area contributed by atoms with Gasteiger partial charge in [0, 0.05) is 6.42 Å². The average molecular weight is 339 g/mol. The van der Waals surface area contributed by atoms with E-state index in [4.69, 9.17) is 5.73 Å². The molecule has 0 aromatic rings. The minimum absolute atomic E-state index is 0.0517. The number of carbonyl (C=O) groups is 2. The average Bonchev–Trinajstić information content (AvgIpc) is 2.56. The topological polar surface area (TPSA) is 72.2 Å². The van der Waals surface area contributed by atoms with Crippen molar-refractivity contribution < 1.29 is 9.59 Å². The second-order valence-corrected chi connectivity index (χ2v) is 6.58. The normalized spacial score (nSPS) is 11.0. The fourth-order valence-electron chi connectivity index (χ4n) is 2.63. The maximum Gasteiger partial charge on any atom is 0.236 e. The van der Waals surface area contributed by atoms with Crippen LogP contribution in [0.25, 0.3) is 0 Å². The summed E-state index contributed by atoms with van der Waals surface area (Å²) in [5.41, 5.74) is 4.97. The van der Waals surface area contributed by atoms with Crippen LogP contribution in [0, 0.1) is 0 Å². The zero-order valence-electron chi connectivity index (χ0n) is 15.7. The van der Waals surface area contributed by atoms with Crippen LogP contribution in [0.5, 0.6) is 0 Å². The van der Waals surface area contributed by atoms with Gasteiger partial charge in [-0.25, -0.2) is 0 Å². The van der Waals surface area contributed by atoms with Gasteiger partial charge in [0.05, 0.1) is 6.54 Å². The van der Waals surface area contributed by atoms with Gasteiger partial charge in [-0.1, -0.05) is 70.4 Å². The predicted molar refractivity (Wildman–Crippen MR) is 102 cm³/mol. The first-order valence-electron chi connectivity index (χ1n) is 9.86. The molecule has 0 bridgehead atoms. The van der Waals surface area contributed by atoms with Crippen molar-refractivity contribution in [2.24, 2.45) is 5.73 Å². The third-order valence-electron chi connectivity index (χ3n) is 4.13. The molecule has 0 saturated heterocycles. The lowest BCUT2D eigenvalue weighted by molar-refractivity contribution is -0.124. The van der Waals surface area contributed by atoms with Crippen LogP contribution in [0.4, 0.5) is 0 Å². The van der Waals surface area contributed by atoms with Gasteiger partial charge in [-0.15, -0.1) is 0 Å². The largest absolute Gasteiger partial charge is 0.368 e. The fraction of sp³-hybridized carbons (Fsp3) is 0.800. The SMILES string of the molecule is CCCCCCCC/C=C\CCCCCCCC(=O)NCC(N)=O. The molecule has 0 aromatic heterocycles. The van der Waals surface area contributed by atoms with Crippen LogP contribution in [-0.2, 0) is 9.59 Å². The van der Waals surface area contributed by atoms with E-state index >= 15 is 0 Å². The van der Waals surface area contributed by atoms with E-state index in [0.29, 0.717) is 6.42 Å². The Morgan fingerprint density at radius 1 is 0.792 bits per heavy atom. The Bertz CT molecular complexity index is 341. The van der Waals surface area contributed by atoms with Gasteiger partial charge in [0.25, 0.3) is 0 Å². The number of rotatable bonds is 17. The zero-order valence-corrected chi connectivity index (χ0v) is 15.7. The standard InChI is InChI=1S/C20H38N2O2/c1-2-3-4-5-6-7-8-9-10-11-12-13-14-15-16-17-20(24)22-18-19(21)23/h9-10H,2-8,11-18H2,1H3,(H2,21,23)(H,22,24)/b10-9-. The Balaban J connectivity index is 3.20. The molecular weight excluding hydrogens is 300 g/mol. The van der Waals surface area contributed by atoms with Gasteiger partial charge >= 0.3 is 0 Å². The Hall–Kier alpha value is -1.32. The van der Waals surface area contributed by atoms with E-state index < -0.39 is 5.91 Å². The minimum atomic E-state index is -0.493. The van der Waals surface area contributed by atoms with Crippen LogP contribution in [0.1, 0.15) is 96.8 Å². The van der Waals surface area contributed by atoms with E-state index in [1.807, 2.05) is 0 Å². The second-order valence-electron chi connectivity index (χ2n) is 6.58. The van der Waals surface area contributed by atoms with Crippen molar-refractivity contribution in [1.29, 1.82) is 0 Å². The van der Waals surface area contributed by atoms with Crippen LogP contribution in [0.15, 0.2) is 12.2 Å². The Kier molecular flexibility index (Phi) is 17.0. The number of nitrogens with two attached hydrogens (primary N) is 1. The van der Waals surface area contributed by atoms with E-state index in [-0.39, 0.29) is 12.5 Å². The molecule has 0 spiro atoms. The zero-order chi connectivity index (χ0) is 17.9. The molecule has 2 amide bonds. The smallest absolute Gasteiger partial charge is 0.236 e. The van der Waals surface area contributed by atoms with Crippen LogP contribution in [-0.4, -0.2) is 18.4 Å². The molecule has 3 N–H and O–H groups in total. The van der Waals surface area contributed by atoms with E-state index in [1.165, 1.54) is 70.6 Å². The molecule has 0 aliphatic carbocycles. The summed E-state index contributed by atoms with van der Waals surface area (Å²) in [7, 11) is 0. The first kappa shape index (κ1) is 22.7. The molecule has 140 valence electrons. The predicted octanol–water partition coefficient (Wildman–Crippen LogP) is 4.63. The van der Waals surface area contributed by atoms with Crippen molar-refractivity contribution >= 4 is 11.8 Å². The molecule has 0 aliphatic rings. The molecular formula is C20H38N2O2. The first-order chi connectivity index (χ1) is 11.7. The summed E-state index contributed by atoms with van der Waals surface area (Å²) in [4.78, 5) is 21.9. The Morgan fingerprint density at radius 2 is 1.29 bits per heavy atom. The molecule has 0 heterocycles. The Morgan fingerprint density at radius 3 is 1.83 bits per heavy atom. The van der Waals surface area contributed by atoms with Crippen molar-refractivity contribution in [1.82, 2.24) is 5.32 Å². The molecule has 24 heavy (non-hydrogen) atoms. The van der Waals surface area contributed by atoms with Crippen molar-refractivity contribution in [3.63, 3.8) is 0 Å². The number of primary amides is 1. The summed E-state index contributed by atoms with van der Waals surface area (Å²) < 4.78 is 0. The van der Waals surface area contributed by atoms with Crippen LogP contribution in [0.2, 0.25) is 0 Å². The van der Waals surface area contributed by atoms with Gasteiger partial charge < -0.3 is 11.1 Å². The number of allylic oxidation sites excluding steroid dienone is 2. The van der Waals surface area contributed by atoms with Crippen molar-refractivity contribution in [2.45, 2.75) is 96.8 Å². The van der Waals surface area contributed by atoms with Gasteiger partial charge in [0.2, 0.25) is 11.8 Å². The van der Waals surface area contributed by atoms with E-state index in [9.17, 15) is 9.59 Å². The first-order valence-corrected chi connectivity index (χ1v) is 9.86. The molecule has 0 aromatic carbocycles. The molecule has 0 fully saturated rings. The van der Waals surface area contributed by atoms with Gasteiger partial charge in [0.1, 0.15) is 0 Å². The third kappa shape index (κ3) is 18.7. The highest BCUT2D eigenvalue weighted by Crippen LogP contribution is 2.09. The van der Waals surface area contributed by atoms with Crippen LogP contribution >= 0.6 is 0 Å². The Labute approximate surface area is 148 Å². The fourth-order valence-corrected chi connectivity index (χ4v) is 2.63. The second kappa shape index (κ2) is 18.0. The molecule has 4 heteroatoms. The summed E-state index contributed by atoms with van der Waals surface area (Å²) in [5, 5.41) is 2.51. The van der Waals surface area contributed by atoms with Gasteiger partial charge in [-0.2, -0.15) is 0 Å². The third-order valence-corrected chi connectivity index (χ3v) is 4.13. The summed E-state index contributed by atoms with van der Waals surface area (Å²) in [5.74, 6) is -0.570. The molecule has 0 rings (SSSR count). The molecule has 0 aliphatic heterocycles. The molecule has 0 saturated carbocycles. The number of nitrogens with one attached hydrogen (secondary N) is 1. The highest BCUT2D eigenvalue weighted by Gasteiger charge is 2.01. The monoisotopic (exact) mass is 338 g/mol. The van der Waals surface area contributed by atoms with Crippen molar-refractivity contribution in [3.8, 4) is 0 Å². The highest BCUT2D eigenvalue weighted by atomic mass is 16.2. The molecule has 0 atom stereocenters. The van der Waals surface area contributed by atoms with E-state index in [1.54, 1.807) is 0 Å². The van der Waals surface area contributed by atoms with Gasteiger partial charge in [-0.05, 0) is 32.1 Å². The van der Waals surface area contributed by atoms with Crippen molar-refractivity contribution in [3.05, 3.63) is 12.2 Å². The van der Waals surface area contributed by atoms with Crippen LogP contribution in [0.3, 0.4) is 0 Å². The quantitative estimate of drug-likeness (QED) is 0.300. The lowest BCUT2D eigenvalue weighted by Gasteiger charge is -2.02. The maximum absolute atomic E-state index is 11.4. The molecule has 4 nitrogen and oxygen atoms in total.